The summed E-state index contributed by atoms with van der Waals surface area (Å²) in [4.78, 5) is 28.9. The number of carbonyl (C=O) groups is 2. The first-order valence-electron chi connectivity index (χ1n) is 11.6. The quantitative estimate of drug-likeness (QED) is 0.494. The maximum Gasteiger partial charge on any atom is 0.254 e. The number of amides is 2. The van der Waals surface area contributed by atoms with Crippen LogP contribution < -0.4 is 24.3 Å². The van der Waals surface area contributed by atoms with E-state index >= 15 is 0 Å². The minimum Gasteiger partial charge on any atom is -0.493 e. The monoisotopic (exact) mass is 508 g/mol. The molecule has 0 spiro atoms. The van der Waals surface area contributed by atoms with Crippen molar-refractivity contribution in [3.8, 4) is 23.0 Å². The van der Waals surface area contributed by atoms with Gasteiger partial charge in [-0.2, -0.15) is 0 Å². The van der Waals surface area contributed by atoms with Crippen molar-refractivity contribution in [3.05, 3.63) is 82.7 Å². The van der Waals surface area contributed by atoms with E-state index in [2.05, 4.69) is 5.32 Å². The molecule has 37 heavy (non-hydrogen) atoms. The van der Waals surface area contributed by atoms with Gasteiger partial charge in [-0.3, -0.25) is 9.59 Å². The zero-order chi connectivity index (χ0) is 26.7. The fourth-order valence-electron chi connectivity index (χ4n) is 4.69. The predicted molar refractivity (Wildman–Crippen MR) is 135 cm³/mol. The molecule has 3 aromatic carbocycles. The summed E-state index contributed by atoms with van der Waals surface area (Å²) in [5.74, 6) is 0.0703. The van der Waals surface area contributed by atoms with E-state index in [1.165, 1.54) is 45.5 Å². The lowest BCUT2D eigenvalue weighted by Gasteiger charge is -2.40. The van der Waals surface area contributed by atoms with E-state index in [9.17, 15) is 14.0 Å². The van der Waals surface area contributed by atoms with Crippen LogP contribution in [0.25, 0.3) is 0 Å². The fourth-order valence-corrected chi connectivity index (χ4v) is 4.69. The molecule has 1 N–H and O–H groups in total. The van der Waals surface area contributed by atoms with E-state index < -0.39 is 12.0 Å². The number of rotatable bonds is 8. The van der Waals surface area contributed by atoms with Crippen LogP contribution in [0.4, 0.5) is 4.39 Å². The summed E-state index contributed by atoms with van der Waals surface area (Å²) in [7, 11) is 7.70. The average molecular weight is 509 g/mol. The Labute approximate surface area is 214 Å². The van der Waals surface area contributed by atoms with Gasteiger partial charge in [0.2, 0.25) is 5.91 Å². The second kappa shape index (κ2) is 10.8. The first-order valence-corrected chi connectivity index (χ1v) is 11.6. The summed E-state index contributed by atoms with van der Waals surface area (Å²) in [5, 5.41) is 2.95. The molecule has 2 atom stereocenters. The molecule has 0 unspecified atom stereocenters. The summed E-state index contributed by atoms with van der Waals surface area (Å²) in [6.45, 7) is 0.189. The van der Waals surface area contributed by atoms with Gasteiger partial charge in [0.1, 0.15) is 5.82 Å². The van der Waals surface area contributed by atoms with Crippen LogP contribution in [0.5, 0.6) is 23.0 Å². The lowest BCUT2D eigenvalue weighted by Crippen LogP contribution is -2.45. The molecule has 3 aromatic rings. The summed E-state index contributed by atoms with van der Waals surface area (Å²) in [5.41, 5.74) is 2.29. The molecule has 0 aromatic heterocycles. The Morgan fingerprint density at radius 1 is 0.865 bits per heavy atom. The third-order valence-electron chi connectivity index (χ3n) is 6.59. The number of hydrogen-bond acceptors (Lipinski definition) is 6. The molecule has 0 saturated carbocycles. The third-order valence-corrected chi connectivity index (χ3v) is 6.59. The van der Waals surface area contributed by atoms with Crippen LogP contribution in [0.2, 0.25) is 0 Å². The Hall–Kier alpha value is -4.27. The van der Waals surface area contributed by atoms with Gasteiger partial charge in [-0.15, -0.1) is 0 Å². The Morgan fingerprint density at radius 3 is 2.08 bits per heavy atom. The molecule has 8 nitrogen and oxygen atoms in total. The molecule has 194 valence electrons. The second-order valence-electron chi connectivity index (χ2n) is 8.59. The highest BCUT2D eigenvalue weighted by atomic mass is 19.1. The predicted octanol–water partition coefficient (Wildman–Crippen LogP) is 4.09. The lowest BCUT2D eigenvalue weighted by atomic mass is 9.79. The molecular weight excluding hydrogens is 479 g/mol. The van der Waals surface area contributed by atoms with Gasteiger partial charge in [0, 0.05) is 19.2 Å². The van der Waals surface area contributed by atoms with Gasteiger partial charge in [-0.05, 0) is 53.1 Å². The van der Waals surface area contributed by atoms with Gasteiger partial charge in [0.05, 0.1) is 40.4 Å². The topological polar surface area (TPSA) is 86.3 Å². The van der Waals surface area contributed by atoms with Gasteiger partial charge in [0.15, 0.2) is 23.0 Å². The highest BCUT2D eigenvalue weighted by molar-refractivity contribution is 6.02. The van der Waals surface area contributed by atoms with Gasteiger partial charge < -0.3 is 29.2 Å². The molecular formula is C28H29FN2O6. The molecule has 0 bridgehead atoms. The van der Waals surface area contributed by atoms with Crippen LogP contribution in [0.3, 0.4) is 0 Å². The van der Waals surface area contributed by atoms with Crippen molar-refractivity contribution in [1.29, 1.82) is 0 Å². The summed E-state index contributed by atoms with van der Waals surface area (Å²) >= 11 is 0. The number of methoxy groups -OCH3 is 4. The van der Waals surface area contributed by atoms with Crippen LogP contribution in [0, 0.1) is 5.82 Å². The van der Waals surface area contributed by atoms with Crippen molar-refractivity contribution in [1.82, 2.24) is 10.2 Å². The number of benzene rings is 3. The normalized spacial score (nSPS) is 16.6. The van der Waals surface area contributed by atoms with Gasteiger partial charge in [-0.1, -0.05) is 18.2 Å². The van der Waals surface area contributed by atoms with Crippen molar-refractivity contribution in [2.75, 3.05) is 35.5 Å². The molecule has 0 radical (unpaired) electrons. The molecule has 0 saturated heterocycles. The fraction of sp³-hybridized carbons (Fsp3) is 0.286. The van der Waals surface area contributed by atoms with Crippen molar-refractivity contribution in [2.45, 2.75) is 18.5 Å². The maximum absolute atomic E-state index is 13.8. The number of fused-ring (bicyclic) bond motifs is 1. The maximum atomic E-state index is 13.8. The Morgan fingerprint density at radius 2 is 1.46 bits per heavy atom. The number of carbonyl (C=O) groups excluding carboxylic acids is 2. The van der Waals surface area contributed by atoms with Crippen molar-refractivity contribution in [3.63, 3.8) is 0 Å². The van der Waals surface area contributed by atoms with Gasteiger partial charge in [-0.25, -0.2) is 4.39 Å². The largest absolute Gasteiger partial charge is 0.493 e. The SMILES string of the molecule is COc1ccc([C@@H]2[C@@H](C(=O)NCc3ccc(F)cc3)c3cc(OC)c(OC)cc3C(=O)N2C)cc1OC. The third kappa shape index (κ3) is 4.89. The number of hydrogen-bond donors (Lipinski definition) is 1. The zero-order valence-corrected chi connectivity index (χ0v) is 21.3. The molecule has 1 aliphatic heterocycles. The number of likely N-dealkylation sites (N-methyl/N-ethyl adjacent to an activating group) is 1. The minimum atomic E-state index is -0.795. The first kappa shape index (κ1) is 25.8. The van der Waals surface area contributed by atoms with E-state index in [0.717, 1.165) is 5.56 Å². The molecule has 0 fully saturated rings. The van der Waals surface area contributed by atoms with Gasteiger partial charge in [0.25, 0.3) is 5.91 Å². The Balaban J connectivity index is 1.82. The van der Waals surface area contributed by atoms with Crippen LogP contribution >= 0.6 is 0 Å². The lowest BCUT2D eigenvalue weighted by molar-refractivity contribution is -0.124. The standard InChI is InChI=1S/C28H29FN2O6/c1-31-26(17-8-11-21(34-2)22(12-17)35-3)25(27(32)30-15-16-6-9-18(29)10-7-16)19-13-23(36-4)24(37-5)14-20(19)28(31)33/h6-14,25-26H,15H2,1-5H3,(H,30,32)/t25-,26+/m0/s1. The van der Waals surface area contributed by atoms with Crippen molar-refractivity contribution in [2.24, 2.45) is 0 Å². The molecule has 1 heterocycles. The first-order chi connectivity index (χ1) is 17.8. The second-order valence-corrected chi connectivity index (χ2v) is 8.59. The van der Waals surface area contributed by atoms with E-state index in [-0.39, 0.29) is 24.2 Å². The summed E-state index contributed by atoms with van der Waals surface area (Å²) < 4.78 is 35.1. The zero-order valence-electron chi connectivity index (χ0n) is 21.3. The highest BCUT2D eigenvalue weighted by Crippen LogP contribution is 2.46. The van der Waals surface area contributed by atoms with Gasteiger partial charge >= 0.3 is 0 Å². The van der Waals surface area contributed by atoms with E-state index in [1.54, 1.807) is 43.4 Å². The van der Waals surface area contributed by atoms with E-state index in [0.29, 0.717) is 39.7 Å². The van der Waals surface area contributed by atoms with Crippen LogP contribution in [0.1, 0.15) is 39.0 Å². The molecule has 1 aliphatic rings. The number of nitrogens with zero attached hydrogens (tertiary/aromatic N) is 1. The average Bonchev–Trinajstić information content (AvgIpc) is 2.93. The number of halogens is 1. The Bertz CT molecular complexity index is 1310. The number of ether oxygens (including phenoxy) is 4. The highest BCUT2D eigenvalue weighted by Gasteiger charge is 2.43. The van der Waals surface area contributed by atoms with Crippen molar-refractivity contribution >= 4 is 11.8 Å². The smallest absolute Gasteiger partial charge is 0.254 e. The minimum absolute atomic E-state index is 0.189. The van der Waals surface area contributed by atoms with Crippen LogP contribution in [-0.2, 0) is 11.3 Å². The summed E-state index contributed by atoms with van der Waals surface area (Å²) in [6, 6.07) is 13.8. The number of nitrogens with one attached hydrogen (secondary N) is 1. The molecule has 0 aliphatic carbocycles. The Kier molecular flexibility index (Phi) is 7.52. The molecule has 9 heteroatoms. The summed E-state index contributed by atoms with van der Waals surface area (Å²) in [6.07, 6.45) is 0. The van der Waals surface area contributed by atoms with E-state index in [1.807, 2.05) is 6.07 Å². The molecule has 4 rings (SSSR count). The van der Waals surface area contributed by atoms with E-state index in [4.69, 9.17) is 18.9 Å². The van der Waals surface area contributed by atoms with Crippen LogP contribution in [-0.4, -0.2) is 52.2 Å². The molecule has 2 amide bonds. The van der Waals surface area contributed by atoms with Crippen LogP contribution in [0.15, 0.2) is 54.6 Å². The van der Waals surface area contributed by atoms with Crippen molar-refractivity contribution < 1.29 is 32.9 Å².